The van der Waals surface area contributed by atoms with Crippen molar-refractivity contribution < 1.29 is 9.90 Å². The largest absolute Gasteiger partial charge is 0.393 e. The number of piperazine rings is 1. The molecule has 110 valence electrons. The zero-order valence-corrected chi connectivity index (χ0v) is 12.2. The van der Waals surface area contributed by atoms with Crippen LogP contribution in [0.15, 0.2) is 0 Å². The van der Waals surface area contributed by atoms with Gasteiger partial charge in [-0.3, -0.25) is 4.90 Å². The average molecular weight is 269 g/mol. The Hall–Kier alpha value is -0.810. The molecule has 2 aliphatic rings. The molecule has 1 atom stereocenters. The van der Waals surface area contributed by atoms with E-state index in [9.17, 15) is 9.90 Å². The van der Waals surface area contributed by atoms with Crippen molar-refractivity contribution >= 4 is 6.03 Å². The number of aliphatic hydroxyl groups excluding tert-OH is 1. The molecule has 0 radical (unpaired) electrons. The first-order valence-electron chi connectivity index (χ1n) is 7.57. The smallest absolute Gasteiger partial charge is 0.320 e. The fourth-order valence-corrected chi connectivity index (χ4v) is 2.87. The molecule has 5 nitrogen and oxygen atoms in total. The molecule has 0 saturated carbocycles. The quantitative estimate of drug-likeness (QED) is 0.813. The number of aliphatic hydroxyl groups is 1. The second kappa shape index (κ2) is 6.57. The number of hydrogen-bond acceptors (Lipinski definition) is 3. The number of amides is 2. The molecule has 0 bridgehead atoms. The van der Waals surface area contributed by atoms with Crippen LogP contribution in [-0.4, -0.2) is 77.3 Å². The molecule has 1 unspecified atom stereocenters. The minimum Gasteiger partial charge on any atom is -0.393 e. The molecular weight excluding hydrogens is 242 g/mol. The van der Waals surface area contributed by atoms with Crippen molar-refractivity contribution in [3.63, 3.8) is 0 Å². The summed E-state index contributed by atoms with van der Waals surface area (Å²) in [5, 5.41) is 9.48. The topological polar surface area (TPSA) is 47.0 Å². The van der Waals surface area contributed by atoms with Crippen molar-refractivity contribution in [3.05, 3.63) is 0 Å². The second-order valence-electron chi connectivity index (χ2n) is 5.78. The van der Waals surface area contributed by atoms with Crippen LogP contribution in [0.3, 0.4) is 0 Å². The molecule has 0 spiro atoms. The molecule has 0 aromatic carbocycles. The van der Waals surface area contributed by atoms with Crippen molar-refractivity contribution in [1.29, 1.82) is 0 Å². The van der Waals surface area contributed by atoms with Crippen LogP contribution in [-0.2, 0) is 0 Å². The van der Waals surface area contributed by atoms with Crippen molar-refractivity contribution in [2.75, 3.05) is 39.3 Å². The predicted molar refractivity (Wildman–Crippen MR) is 75.1 cm³/mol. The lowest BCUT2D eigenvalue weighted by Crippen LogP contribution is -2.55. The van der Waals surface area contributed by atoms with E-state index in [1.165, 1.54) is 0 Å². The Morgan fingerprint density at radius 1 is 1.11 bits per heavy atom. The van der Waals surface area contributed by atoms with Crippen molar-refractivity contribution in [1.82, 2.24) is 14.7 Å². The Balaban J connectivity index is 1.79. The van der Waals surface area contributed by atoms with Crippen molar-refractivity contribution in [3.8, 4) is 0 Å². The van der Waals surface area contributed by atoms with Gasteiger partial charge in [-0.25, -0.2) is 4.79 Å². The van der Waals surface area contributed by atoms with Crippen LogP contribution in [0.5, 0.6) is 0 Å². The molecule has 2 heterocycles. The molecule has 0 aromatic heterocycles. The molecule has 2 saturated heterocycles. The molecule has 19 heavy (non-hydrogen) atoms. The van der Waals surface area contributed by atoms with Gasteiger partial charge in [-0.15, -0.1) is 0 Å². The fraction of sp³-hybridized carbons (Fsp3) is 0.929. The lowest BCUT2D eigenvalue weighted by Gasteiger charge is -2.40. The van der Waals surface area contributed by atoms with Gasteiger partial charge in [-0.05, 0) is 26.2 Å². The zero-order valence-electron chi connectivity index (χ0n) is 12.2. The summed E-state index contributed by atoms with van der Waals surface area (Å²) in [5.41, 5.74) is 0. The van der Waals surface area contributed by atoms with Gasteiger partial charge >= 0.3 is 6.03 Å². The molecule has 1 N–H and O–H groups in total. The first-order chi connectivity index (χ1) is 9.11. The first kappa shape index (κ1) is 14.6. The van der Waals surface area contributed by atoms with E-state index in [2.05, 4.69) is 18.7 Å². The highest BCUT2D eigenvalue weighted by Gasteiger charge is 2.28. The number of hydrogen-bond donors (Lipinski definition) is 1. The minimum atomic E-state index is -0.216. The first-order valence-corrected chi connectivity index (χ1v) is 7.57. The summed E-state index contributed by atoms with van der Waals surface area (Å²) in [6.07, 6.45) is 2.39. The van der Waals surface area contributed by atoms with Crippen LogP contribution >= 0.6 is 0 Å². The van der Waals surface area contributed by atoms with E-state index < -0.39 is 0 Å². The Morgan fingerprint density at radius 3 is 2.16 bits per heavy atom. The zero-order chi connectivity index (χ0) is 13.8. The van der Waals surface area contributed by atoms with Crippen LogP contribution < -0.4 is 0 Å². The minimum absolute atomic E-state index is 0.163. The van der Waals surface area contributed by atoms with E-state index in [-0.39, 0.29) is 12.1 Å². The summed E-state index contributed by atoms with van der Waals surface area (Å²) in [6.45, 7) is 9.50. The predicted octanol–water partition coefficient (Wildman–Crippen LogP) is 0.979. The third-order valence-electron chi connectivity index (χ3n) is 4.53. The molecule has 2 rings (SSSR count). The lowest BCUT2D eigenvalue weighted by atomic mass is 10.1. The van der Waals surface area contributed by atoms with E-state index in [0.717, 1.165) is 45.4 Å². The van der Waals surface area contributed by atoms with Crippen LogP contribution in [0, 0.1) is 0 Å². The third kappa shape index (κ3) is 3.60. The molecule has 2 aliphatic heterocycles. The van der Waals surface area contributed by atoms with Gasteiger partial charge in [0.05, 0.1) is 6.10 Å². The highest BCUT2D eigenvalue weighted by molar-refractivity contribution is 5.74. The van der Waals surface area contributed by atoms with Crippen LogP contribution in [0.4, 0.5) is 4.79 Å². The second-order valence-corrected chi connectivity index (χ2v) is 5.78. The standard InChI is InChI=1S/C14H27N3O2/c1-3-12(2)15-8-10-17(11-9-15)14(19)16-6-4-13(18)5-7-16/h12-13,18H,3-11H2,1-2H3. The van der Waals surface area contributed by atoms with E-state index in [1.807, 2.05) is 9.80 Å². The Kier molecular flexibility index (Phi) is 5.05. The number of rotatable bonds is 2. The van der Waals surface area contributed by atoms with Gasteiger partial charge in [0.1, 0.15) is 0 Å². The highest BCUT2D eigenvalue weighted by Crippen LogP contribution is 2.14. The molecule has 5 heteroatoms. The molecular formula is C14H27N3O2. The molecule has 2 fully saturated rings. The van der Waals surface area contributed by atoms with Gasteiger partial charge in [0, 0.05) is 45.3 Å². The summed E-state index contributed by atoms with van der Waals surface area (Å²) >= 11 is 0. The molecule has 0 aromatic rings. The fourth-order valence-electron chi connectivity index (χ4n) is 2.87. The van der Waals surface area contributed by atoms with Gasteiger partial charge in [0.25, 0.3) is 0 Å². The summed E-state index contributed by atoms with van der Waals surface area (Å²) in [4.78, 5) is 18.7. The summed E-state index contributed by atoms with van der Waals surface area (Å²) in [5.74, 6) is 0. The maximum atomic E-state index is 12.4. The summed E-state index contributed by atoms with van der Waals surface area (Å²) in [6, 6.07) is 0.776. The maximum Gasteiger partial charge on any atom is 0.320 e. The van der Waals surface area contributed by atoms with Crippen LogP contribution in [0.1, 0.15) is 33.1 Å². The third-order valence-corrected chi connectivity index (χ3v) is 4.53. The Labute approximate surface area is 116 Å². The van der Waals surface area contributed by atoms with E-state index in [4.69, 9.17) is 0 Å². The lowest BCUT2D eigenvalue weighted by molar-refractivity contribution is 0.0649. The van der Waals surface area contributed by atoms with E-state index in [0.29, 0.717) is 19.1 Å². The highest BCUT2D eigenvalue weighted by atomic mass is 16.3. The van der Waals surface area contributed by atoms with Crippen LogP contribution in [0.25, 0.3) is 0 Å². The average Bonchev–Trinajstić information content (AvgIpc) is 2.46. The SMILES string of the molecule is CCC(C)N1CCN(C(=O)N2CCC(O)CC2)CC1. The Bertz CT molecular complexity index is 295. The summed E-state index contributed by atoms with van der Waals surface area (Å²) < 4.78 is 0. The van der Waals surface area contributed by atoms with Crippen molar-refractivity contribution in [2.24, 2.45) is 0 Å². The van der Waals surface area contributed by atoms with Gasteiger partial charge in [0.2, 0.25) is 0 Å². The van der Waals surface area contributed by atoms with E-state index in [1.54, 1.807) is 0 Å². The number of nitrogens with zero attached hydrogens (tertiary/aromatic N) is 3. The number of piperidine rings is 1. The van der Waals surface area contributed by atoms with Crippen LogP contribution in [0.2, 0.25) is 0 Å². The molecule has 0 aliphatic carbocycles. The number of urea groups is 1. The van der Waals surface area contributed by atoms with Gasteiger partial charge < -0.3 is 14.9 Å². The van der Waals surface area contributed by atoms with Gasteiger partial charge in [0.15, 0.2) is 0 Å². The monoisotopic (exact) mass is 269 g/mol. The normalized spacial score (nSPS) is 24.6. The number of carbonyl (C=O) groups is 1. The Morgan fingerprint density at radius 2 is 1.63 bits per heavy atom. The molecule has 2 amide bonds. The summed E-state index contributed by atoms with van der Waals surface area (Å²) in [7, 11) is 0. The maximum absolute atomic E-state index is 12.4. The van der Waals surface area contributed by atoms with Gasteiger partial charge in [-0.2, -0.15) is 0 Å². The van der Waals surface area contributed by atoms with E-state index >= 15 is 0 Å². The van der Waals surface area contributed by atoms with Crippen molar-refractivity contribution in [2.45, 2.75) is 45.3 Å². The van der Waals surface area contributed by atoms with Gasteiger partial charge in [-0.1, -0.05) is 6.92 Å². The number of carbonyl (C=O) groups excluding carboxylic acids is 1. The number of likely N-dealkylation sites (tertiary alicyclic amines) is 1.